The van der Waals surface area contributed by atoms with E-state index in [9.17, 15) is 13.2 Å². The monoisotopic (exact) mass is 139 g/mol. The smallest absolute Gasteiger partial charge is 0.387 e. The third-order valence-corrected chi connectivity index (χ3v) is 0.179. The molecule has 1 nitrogen and oxygen atoms in total. The van der Waals surface area contributed by atoms with E-state index in [4.69, 9.17) is 5.11 Å². The normalized spacial score (nSPS) is 10.3. The largest absolute Gasteiger partial charge is 0.411 e. The Hall–Kier alpha value is 1.39. The van der Waals surface area contributed by atoms with Crippen molar-refractivity contribution in [2.24, 2.45) is 0 Å². The third kappa shape index (κ3) is 11.1. The molecule has 0 bridgehead atoms. The van der Waals surface area contributed by atoms with Crippen LogP contribution in [0.15, 0.2) is 0 Å². The van der Waals surface area contributed by atoms with Gasteiger partial charge in [-0.2, -0.15) is 13.2 Å². The Morgan fingerprint density at radius 3 is 1.43 bits per heavy atom. The van der Waals surface area contributed by atoms with Gasteiger partial charge in [0.15, 0.2) is 0 Å². The van der Waals surface area contributed by atoms with Crippen LogP contribution < -0.4 is 0 Å². The van der Waals surface area contributed by atoms with Crippen LogP contribution >= 0.6 is 0 Å². The summed E-state index contributed by atoms with van der Waals surface area (Å²) in [6.45, 7) is -1.73. The van der Waals surface area contributed by atoms with Gasteiger partial charge in [0.2, 0.25) is 0 Å². The van der Waals surface area contributed by atoms with Crippen molar-refractivity contribution in [3.05, 3.63) is 0 Å². The molecule has 0 atom stereocenters. The van der Waals surface area contributed by atoms with Crippen molar-refractivity contribution in [2.45, 2.75) is 6.18 Å². The van der Waals surface area contributed by atoms with Crippen LogP contribution in [0.3, 0.4) is 0 Å². The first-order valence-corrected chi connectivity index (χ1v) is 1.24. The molecule has 0 aromatic carbocycles. The van der Waals surface area contributed by atoms with Crippen molar-refractivity contribution in [3.8, 4) is 0 Å². The van der Waals surface area contributed by atoms with Gasteiger partial charge in [0.25, 0.3) is 0 Å². The van der Waals surface area contributed by atoms with E-state index in [1.54, 1.807) is 0 Å². The Morgan fingerprint density at radius 2 is 1.43 bits per heavy atom. The molecule has 7 heavy (non-hydrogen) atoms. The van der Waals surface area contributed by atoms with E-state index < -0.39 is 12.8 Å². The van der Waals surface area contributed by atoms with E-state index in [1.807, 2.05) is 0 Å². The molecular weight excluding hydrogens is 136 g/mol. The summed E-state index contributed by atoms with van der Waals surface area (Å²) in [7, 11) is 0. The molecule has 0 saturated heterocycles. The summed E-state index contributed by atoms with van der Waals surface area (Å²) in [5.74, 6) is 0. The first kappa shape index (κ1) is 11.2. The van der Waals surface area contributed by atoms with E-state index in [2.05, 4.69) is 0 Å². The fourth-order valence-electron chi connectivity index (χ4n) is 0. The van der Waals surface area contributed by atoms with Gasteiger partial charge in [-0.05, 0) is 0 Å². The van der Waals surface area contributed by atoms with E-state index >= 15 is 0 Å². The first-order chi connectivity index (χ1) is 2.56. The van der Waals surface area contributed by atoms with Gasteiger partial charge in [-0.3, -0.25) is 0 Å². The molecule has 1 radical (unpaired) electrons. The van der Waals surface area contributed by atoms with Crippen LogP contribution in [0.1, 0.15) is 0 Å². The number of halogens is 3. The van der Waals surface area contributed by atoms with Crippen molar-refractivity contribution in [1.82, 2.24) is 0 Å². The molecular formula is C2H3F3KO. The fraction of sp³-hybridized carbons (Fsp3) is 1.00. The second-order valence-electron chi connectivity index (χ2n) is 0.773. The molecule has 0 heterocycles. The number of hydrogen-bond acceptors (Lipinski definition) is 1. The maximum Gasteiger partial charge on any atom is 0.411 e. The molecule has 0 unspecified atom stereocenters. The summed E-state index contributed by atoms with van der Waals surface area (Å²) in [6, 6.07) is 0. The average Bonchev–Trinajstić information content (AvgIpc) is 1.35. The Balaban J connectivity index is 0. The summed E-state index contributed by atoms with van der Waals surface area (Å²) in [4.78, 5) is 0. The van der Waals surface area contributed by atoms with Gasteiger partial charge >= 0.3 is 6.18 Å². The zero-order chi connectivity index (χ0) is 5.21. The van der Waals surface area contributed by atoms with Gasteiger partial charge in [0, 0.05) is 51.4 Å². The van der Waals surface area contributed by atoms with Gasteiger partial charge in [0.1, 0.15) is 6.61 Å². The number of aliphatic hydroxyl groups excluding tert-OH is 1. The maximum absolute atomic E-state index is 10.5. The van der Waals surface area contributed by atoms with E-state index in [0.717, 1.165) is 0 Å². The third-order valence-electron chi connectivity index (χ3n) is 0.179. The molecule has 0 fully saturated rings. The molecule has 0 spiro atoms. The minimum Gasteiger partial charge on any atom is -0.387 e. The quantitative estimate of drug-likeness (QED) is 0.474. The molecule has 0 saturated carbocycles. The zero-order valence-electron chi connectivity index (χ0n) is 3.79. The summed E-state index contributed by atoms with van der Waals surface area (Å²) in [5, 5.41) is 7.28. The first-order valence-electron chi connectivity index (χ1n) is 1.24. The van der Waals surface area contributed by atoms with Gasteiger partial charge in [-0.25, -0.2) is 0 Å². The molecule has 0 aliphatic heterocycles. The van der Waals surface area contributed by atoms with Crippen LogP contribution in [0.2, 0.25) is 0 Å². The van der Waals surface area contributed by atoms with Gasteiger partial charge < -0.3 is 5.11 Å². The zero-order valence-corrected chi connectivity index (χ0v) is 6.91. The van der Waals surface area contributed by atoms with Gasteiger partial charge in [-0.1, -0.05) is 0 Å². The fourth-order valence-corrected chi connectivity index (χ4v) is 0. The van der Waals surface area contributed by atoms with Crippen LogP contribution in [0.5, 0.6) is 0 Å². The van der Waals surface area contributed by atoms with Crippen LogP contribution in [-0.4, -0.2) is 69.3 Å². The number of aliphatic hydroxyl groups is 1. The molecule has 0 amide bonds. The maximum atomic E-state index is 10.5. The number of alkyl halides is 3. The van der Waals surface area contributed by atoms with Gasteiger partial charge in [-0.15, -0.1) is 0 Å². The summed E-state index contributed by atoms with van der Waals surface area (Å²) in [5.41, 5.74) is 0. The summed E-state index contributed by atoms with van der Waals surface area (Å²) in [6.07, 6.45) is -4.40. The number of hydrogen-bond donors (Lipinski definition) is 1. The minimum atomic E-state index is -4.40. The molecule has 5 heteroatoms. The standard InChI is InChI=1S/C2H3F3O.K/c3-2(4,5)1-6;/h6H,1H2;. The molecule has 0 aliphatic carbocycles. The average molecular weight is 139 g/mol. The molecule has 0 aromatic rings. The summed E-state index contributed by atoms with van der Waals surface area (Å²) >= 11 is 0. The Labute approximate surface area is 81.3 Å². The predicted molar refractivity (Wildman–Crippen MR) is 18.9 cm³/mol. The molecule has 0 rings (SSSR count). The van der Waals surface area contributed by atoms with E-state index in [0.29, 0.717) is 0 Å². The molecule has 0 aromatic heterocycles. The number of rotatable bonds is 0. The summed E-state index contributed by atoms with van der Waals surface area (Å²) < 4.78 is 31.6. The van der Waals surface area contributed by atoms with Crippen molar-refractivity contribution >= 4 is 51.4 Å². The van der Waals surface area contributed by atoms with Crippen LogP contribution in [0.4, 0.5) is 13.2 Å². The van der Waals surface area contributed by atoms with Crippen molar-refractivity contribution in [2.75, 3.05) is 6.61 Å². The van der Waals surface area contributed by atoms with Gasteiger partial charge in [0.05, 0.1) is 0 Å². The Kier molecular flexibility index (Phi) is 6.86. The van der Waals surface area contributed by atoms with Crippen molar-refractivity contribution in [3.63, 3.8) is 0 Å². The molecule has 1 N–H and O–H groups in total. The Bertz CT molecular complexity index is 42.7. The van der Waals surface area contributed by atoms with Crippen LogP contribution in [-0.2, 0) is 0 Å². The van der Waals surface area contributed by atoms with Crippen molar-refractivity contribution < 1.29 is 18.3 Å². The predicted octanol–water partition coefficient (Wildman–Crippen LogP) is 0.160. The molecule has 0 aliphatic rings. The minimum absolute atomic E-state index is 0. The van der Waals surface area contributed by atoms with Crippen molar-refractivity contribution in [1.29, 1.82) is 0 Å². The van der Waals surface area contributed by atoms with E-state index in [-0.39, 0.29) is 51.4 Å². The second-order valence-corrected chi connectivity index (χ2v) is 0.773. The second kappa shape index (κ2) is 4.28. The Morgan fingerprint density at radius 1 is 1.29 bits per heavy atom. The SMILES string of the molecule is OCC(F)(F)F.[K]. The van der Waals surface area contributed by atoms with Crippen LogP contribution in [0, 0.1) is 0 Å². The molecule has 39 valence electrons. The van der Waals surface area contributed by atoms with E-state index in [1.165, 1.54) is 0 Å². The van der Waals surface area contributed by atoms with Crippen LogP contribution in [0.25, 0.3) is 0 Å². The topological polar surface area (TPSA) is 20.2 Å².